The topological polar surface area (TPSA) is 88.3 Å². The van der Waals surface area contributed by atoms with E-state index in [1.165, 1.54) is 11.1 Å². The number of rotatable bonds is 4. The number of ether oxygens (including phenoxy) is 1. The van der Waals surface area contributed by atoms with E-state index in [1.807, 2.05) is 6.20 Å². The molecule has 2 N–H and O–H groups in total. The highest BCUT2D eigenvalue weighted by Gasteiger charge is 2.34. The number of aromatic nitrogens is 4. The van der Waals surface area contributed by atoms with Gasteiger partial charge in [-0.1, -0.05) is 11.6 Å². The van der Waals surface area contributed by atoms with Crippen LogP contribution in [0, 0.1) is 6.92 Å². The molecule has 0 bridgehead atoms. The van der Waals surface area contributed by atoms with Crippen molar-refractivity contribution >= 4 is 34.1 Å². The molecule has 4 heterocycles. The Bertz CT molecular complexity index is 1100. The van der Waals surface area contributed by atoms with E-state index >= 15 is 0 Å². The third kappa shape index (κ3) is 4.01. The van der Waals surface area contributed by atoms with Crippen molar-refractivity contribution < 1.29 is 9.84 Å². The van der Waals surface area contributed by atoms with Crippen molar-refractivity contribution in [3.8, 4) is 0 Å². The number of hydrogen-bond acceptors (Lipinski definition) is 7. The monoisotopic (exact) mass is 442 g/mol. The number of halogens is 1. The van der Waals surface area contributed by atoms with Crippen LogP contribution in [0.1, 0.15) is 29.9 Å². The minimum absolute atomic E-state index is 0.138. The number of aliphatic hydroxyl groups excluding tert-OH is 1. The number of nitrogens with zero attached hydrogens (tertiary/aromatic N) is 5. The van der Waals surface area contributed by atoms with Gasteiger partial charge in [-0.15, -0.1) is 0 Å². The normalized spacial score (nSPS) is 23.0. The fraction of sp³-hybridized carbons (Fsp3) is 0.500. The summed E-state index contributed by atoms with van der Waals surface area (Å²) in [6.07, 6.45) is 5.27. The Morgan fingerprint density at radius 1 is 1.19 bits per heavy atom. The number of piperidine rings is 1. The third-order valence-electron chi connectivity index (χ3n) is 6.54. The summed E-state index contributed by atoms with van der Waals surface area (Å²) in [6, 6.07) is 4.52. The van der Waals surface area contributed by atoms with Crippen LogP contribution in [0.15, 0.2) is 24.5 Å². The Kier molecular flexibility index (Phi) is 5.56. The minimum Gasteiger partial charge on any atom is -0.389 e. The number of aryl methyl sites for hydroxylation is 2. The summed E-state index contributed by atoms with van der Waals surface area (Å²) >= 11 is 6.25. The number of hydrogen-bond donors (Lipinski definition) is 2. The molecule has 0 amide bonds. The molecule has 2 aliphatic heterocycles. The van der Waals surface area contributed by atoms with Gasteiger partial charge in [-0.2, -0.15) is 5.10 Å². The van der Waals surface area contributed by atoms with Crippen molar-refractivity contribution in [2.24, 2.45) is 7.05 Å². The minimum atomic E-state index is -0.366. The lowest BCUT2D eigenvalue weighted by molar-refractivity contribution is 0.0663. The molecular weight excluding hydrogens is 416 g/mol. The standard InChI is InChI=1S/C22H27ClN6O2/c1-13-7-15-9-24-22(27-18-10-25-28(2)21(18)23)26-17(15)8-16(13)14-3-5-29(6-4-14)19-11-31-12-20(19)30/h7-10,14,19-20,30H,3-6,11-12H2,1-2H3,(H,24,26,27)/t19-,20?/m1/s1. The molecule has 9 heteroatoms. The van der Waals surface area contributed by atoms with Crippen molar-refractivity contribution in [3.05, 3.63) is 40.8 Å². The molecule has 164 valence electrons. The molecule has 0 radical (unpaired) electrons. The number of anilines is 2. The van der Waals surface area contributed by atoms with Crippen molar-refractivity contribution in [3.63, 3.8) is 0 Å². The van der Waals surface area contributed by atoms with Crippen LogP contribution >= 0.6 is 11.6 Å². The summed E-state index contributed by atoms with van der Waals surface area (Å²) in [5.74, 6) is 0.987. The first kappa shape index (κ1) is 20.6. The van der Waals surface area contributed by atoms with Crippen molar-refractivity contribution in [2.75, 3.05) is 31.6 Å². The molecule has 8 nitrogen and oxygen atoms in total. The van der Waals surface area contributed by atoms with E-state index in [1.54, 1.807) is 17.9 Å². The largest absolute Gasteiger partial charge is 0.389 e. The summed E-state index contributed by atoms with van der Waals surface area (Å²) in [7, 11) is 1.79. The zero-order chi connectivity index (χ0) is 21.5. The molecule has 2 saturated heterocycles. The lowest BCUT2D eigenvalue weighted by atomic mass is 9.85. The molecule has 2 aliphatic rings. The van der Waals surface area contributed by atoms with Crippen LogP contribution < -0.4 is 5.32 Å². The molecule has 3 aromatic rings. The predicted molar refractivity (Wildman–Crippen MR) is 120 cm³/mol. The summed E-state index contributed by atoms with van der Waals surface area (Å²) < 4.78 is 7.03. The Morgan fingerprint density at radius 2 is 2.00 bits per heavy atom. The highest BCUT2D eigenvalue weighted by Crippen LogP contribution is 2.34. The van der Waals surface area contributed by atoms with E-state index < -0.39 is 0 Å². The zero-order valence-electron chi connectivity index (χ0n) is 17.8. The first-order valence-electron chi connectivity index (χ1n) is 10.7. The fourth-order valence-corrected chi connectivity index (χ4v) is 4.90. The second-order valence-corrected chi connectivity index (χ2v) is 8.90. The first-order valence-corrected chi connectivity index (χ1v) is 11.1. The van der Waals surface area contributed by atoms with E-state index in [4.69, 9.17) is 21.3 Å². The van der Waals surface area contributed by atoms with Gasteiger partial charge < -0.3 is 15.2 Å². The van der Waals surface area contributed by atoms with Gasteiger partial charge in [-0.25, -0.2) is 9.97 Å². The Morgan fingerprint density at radius 3 is 2.68 bits per heavy atom. The summed E-state index contributed by atoms with van der Waals surface area (Å²) in [4.78, 5) is 11.5. The van der Waals surface area contributed by atoms with Crippen LogP contribution in [0.2, 0.25) is 5.15 Å². The van der Waals surface area contributed by atoms with Gasteiger partial charge in [0.1, 0.15) is 5.15 Å². The lowest BCUT2D eigenvalue weighted by Crippen LogP contribution is -2.46. The molecule has 2 aromatic heterocycles. The molecule has 31 heavy (non-hydrogen) atoms. The molecule has 1 unspecified atom stereocenters. The maximum atomic E-state index is 10.1. The van der Waals surface area contributed by atoms with Gasteiger partial charge >= 0.3 is 0 Å². The third-order valence-corrected chi connectivity index (χ3v) is 6.99. The highest BCUT2D eigenvalue weighted by molar-refractivity contribution is 6.32. The fourth-order valence-electron chi connectivity index (χ4n) is 4.76. The molecule has 5 rings (SSSR count). The van der Waals surface area contributed by atoms with Crippen molar-refractivity contribution in [2.45, 2.75) is 37.8 Å². The lowest BCUT2D eigenvalue weighted by Gasteiger charge is -2.37. The number of aliphatic hydroxyl groups is 1. The smallest absolute Gasteiger partial charge is 0.227 e. The van der Waals surface area contributed by atoms with Crippen molar-refractivity contribution in [1.29, 1.82) is 0 Å². The van der Waals surface area contributed by atoms with E-state index in [0.717, 1.165) is 36.8 Å². The van der Waals surface area contributed by atoms with Crippen LogP contribution in [-0.2, 0) is 11.8 Å². The Labute approximate surface area is 186 Å². The molecule has 2 atom stereocenters. The molecule has 0 aliphatic carbocycles. The zero-order valence-corrected chi connectivity index (χ0v) is 18.5. The van der Waals surface area contributed by atoms with Crippen LogP contribution in [0.3, 0.4) is 0 Å². The average Bonchev–Trinajstić information content (AvgIpc) is 3.34. The molecule has 2 fully saturated rings. The number of fused-ring (bicyclic) bond motifs is 1. The van der Waals surface area contributed by atoms with Gasteiger partial charge in [0.15, 0.2) is 0 Å². The Hall–Kier alpha value is -2.26. The van der Waals surface area contributed by atoms with Crippen LogP contribution in [0.4, 0.5) is 11.6 Å². The second-order valence-electron chi connectivity index (χ2n) is 8.54. The van der Waals surface area contributed by atoms with E-state index in [-0.39, 0.29) is 12.1 Å². The average molecular weight is 443 g/mol. The van der Waals surface area contributed by atoms with Crippen LogP contribution in [-0.4, -0.2) is 68.2 Å². The summed E-state index contributed by atoms with van der Waals surface area (Å²) in [6.45, 7) is 5.20. The van der Waals surface area contributed by atoms with Gasteiger partial charge in [0.2, 0.25) is 5.95 Å². The van der Waals surface area contributed by atoms with E-state index in [9.17, 15) is 5.11 Å². The number of likely N-dealkylation sites (tertiary alicyclic amines) is 1. The maximum Gasteiger partial charge on any atom is 0.227 e. The molecule has 0 saturated carbocycles. The quantitative estimate of drug-likeness (QED) is 0.642. The van der Waals surface area contributed by atoms with Gasteiger partial charge in [-0.3, -0.25) is 9.58 Å². The number of benzene rings is 1. The number of nitrogens with one attached hydrogen (secondary N) is 1. The van der Waals surface area contributed by atoms with Gasteiger partial charge in [0.05, 0.1) is 42.8 Å². The van der Waals surface area contributed by atoms with Gasteiger partial charge in [0, 0.05) is 18.6 Å². The van der Waals surface area contributed by atoms with Crippen LogP contribution in [0.25, 0.3) is 10.9 Å². The SMILES string of the molecule is Cc1cc2cnc(Nc3cnn(C)c3Cl)nc2cc1C1CCN([C@@H]2COCC2O)CC1. The summed E-state index contributed by atoms with van der Waals surface area (Å²) in [5, 5.41) is 19.0. The maximum absolute atomic E-state index is 10.1. The van der Waals surface area contributed by atoms with Gasteiger partial charge in [-0.05, 0) is 62.0 Å². The second kappa shape index (κ2) is 8.35. The predicted octanol–water partition coefficient (Wildman–Crippen LogP) is 3.01. The van der Waals surface area contributed by atoms with E-state index in [2.05, 4.69) is 39.4 Å². The summed E-state index contributed by atoms with van der Waals surface area (Å²) in [5.41, 5.74) is 4.22. The van der Waals surface area contributed by atoms with Crippen molar-refractivity contribution in [1.82, 2.24) is 24.6 Å². The van der Waals surface area contributed by atoms with Gasteiger partial charge in [0.25, 0.3) is 0 Å². The molecule has 1 aromatic carbocycles. The van der Waals surface area contributed by atoms with E-state index in [0.29, 0.717) is 35.9 Å². The molecule has 0 spiro atoms. The van der Waals surface area contributed by atoms with Crippen LogP contribution in [0.5, 0.6) is 0 Å². The Balaban J connectivity index is 1.35. The first-order chi connectivity index (χ1) is 15.0. The molecular formula is C22H27ClN6O2. The highest BCUT2D eigenvalue weighted by atomic mass is 35.5.